The fourth-order valence-corrected chi connectivity index (χ4v) is 2.16. The second-order valence-electron chi connectivity index (χ2n) is 5.21. The first kappa shape index (κ1) is 13.0. The Morgan fingerprint density at radius 1 is 1.25 bits per heavy atom. The molecule has 0 aromatic carbocycles. The summed E-state index contributed by atoms with van der Waals surface area (Å²) in [6.07, 6.45) is 0.725. The third-order valence-corrected chi connectivity index (χ3v) is 2.87. The molecule has 2 amide bonds. The first-order chi connectivity index (χ1) is 7.34. The van der Waals surface area contributed by atoms with Gasteiger partial charge in [-0.25, -0.2) is 0 Å². The highest BCUT2D eigenvalue weighted by Gasteiger charge is 2.39. The Morgan fingerprint density at radius 3 is 2.25 bits per heavy atom. The van der Waals surface area contributed by atoms with Crippen molar-refractivity contribution in [1.82, 2.24) is 10.2 Å². The van der Waals surface area contributed by atoms with Crippen LogP contribution in [0.4, 0.5) is 0 Å². The summed E-state index contributed by atoms with van der Waals surface area (Å²) >= 11 is 0. The predicted molar refractivity (Wildman–Crippen MR) is 62.8 cm³/mol. The average molecular weight is 226 g/mol. The Bertz CT molecular complexity index is 287. The van der Waals surface area contributed by atoms with Crippen molar-refractivity contribution in [2.75, 3.05) is 0 Å². The standard InChI is InChI=1S/C12H22N2O2/c1-7(2)6-10-11(15)13-9(5)12(16)14(10)8(3)4/h7-10H,6H2,1-5H3,(H,13,15). The molecular formula is C12H22N2O2. The Kier molecular flexibility index (Phi) is 3.94. The minimum atomic E-state index is -0.390. The van der Waals surface area contributed by atoms with E-state index < -0.39 is 6.04 Å². The maximum Gasteiger partial charge on any atom is 0.245 e. The first-order valence-electron chi connectivity index (χ1n) is 5.97. The van der Waals surface area contributed by atoms with Crippen LogP contribution in [0.5, 0.6) is 0 Å². The molecule has 0 aromatic heterocycles. The van der Waals surface area contributed by atoms with E-state index in [4.69, 9.17) is 0 Å². The Morgan fingerprint density at radius 2 is 1.81 bits per heavy atom. The van der Waals surface area contributed by atoms with Crippen molar-refractivity contribution in [3.63, 3.8) is 0 Å². The van der Waals surface area contributed by atoms with Crippen molar-refractivity contribution < 1.29 is 9.59 Å². The average Bonchev–Trinajstić information content (AvgIpc) is 2.13. The zero-order valence-corrected chi connectivity index (χ0v) is 10.8. The molecule has 1 fully saturated rings. The number of amides is 2. The van der Waals surface area contributed by atoms with Crippen LogP contribution in [-0.4, -0.2) is 34.8 Å². The number of carbonyl (C=O) groups is 2. The van der Waals surface area contributed by atoms with Gasteiger partial charge in [0.1, 0.15) is 12.1 Å². The Balaban J connectivity index is 2.92. The lowest BCUT2D eigenvalue weighted by Crippen LogP contribution is -2.64. The molecule has 1 rings (SSSR count). The molecular weight excluding hydrogens is 204 g/mol. The number of rotatable bonds is 3. The van der Waals surface area contributed by atoms with Gasteiger partial charge in [-0.2, -0.15) is 0 Å². The Hall–Kier alpha value is -1.06. The molecule has 16 heavy (non-hydrogen) atoms. The van der Waals surface area contributed by atoms with Gasteiger partial charge in [0.2, 0.25) is 11.8 Å². The van der Waals surface area contributed by atoms with E-state index in [2.05, 4.69) is 19.2 Å². The van der Waals surface area contributed by atoms with E-state index in [9.17, 15) is 9.59 Å². The van der Waals surface area contributed by atoms with Crippen LogP contribution in [0.1, 0.15) is 41.0 Å². The monoisotopic (exact) mass is 226 g/mol. The van der Waals surface area contributed by atoms with Crippen LogP contribution < -0.4 is 5.32 Å². The molecule has 0 saturated carbocycles. The summed E-state index contributed by atoms with van der Waals surface area (Å²) in [6.45, 7) is 9.77. The van der Waals surface area contributed by atoms with Crippen LogP contribution in [0, 0.1) is 5.92 Å². The number of nitrogens with one attached hydrogen (secondary N) is 1. The molecule has 0 spiro atoms. The second kappa shape index (κ2) is 4.85. The molecule has 0 aliphatic carbocycles. The van der Waals surface area contributed by atoms with Gasteiger partial charge in [-0.15, -0.1) is 0 Å². The normalized spacial score (nSPS) is 26.6. The zero-order chi connectivity index (χ0) is 12.5. The fraction of sp³-hybridized carbons (Fsp3) is 0.833. The maximum absolute atomic E-state index is 12.0. The molecule has 92 valence electrons. The van der Waals surface area contributed by atoms with Gasteiger partial charge in [-0.3, -0.25) is 9.59 Å². The van der Waals surface area contributed by atoms with Crippen molar-refractivity contribution in [3.05, 3.63) is 0 Å². The van der Waals surface area contributed by atoms with E-state index in [1.165, 1.54) is 0 Å². The predicted octanol–water partition coefficient (Wildman–Crippen LogP) is 1.16. The molecule has 1 saturated heterocycles. The van der Waals surface area contributed by atoms with Crippen LogP contribution in [0.3, 0.4) is 0 Å². The summed E-state index contributed by atoms with van der Waals surface area (Å²) in [4.78, 5) is 25.6. The molecule has 4 heteroatoms. The molecule has 1 heterocycles. The quantitative estimate of drug-likeness (QED) is 0.785. The van der Waals surface area contributed by atoms with Crippen LogP contribution in [0.15, 0.2) is 0 Å². The number of piperazine rings is 1. The highest BCUT2D eigenvalue weighted by Crippen LogP contribution is 2.19. The third kappa shape index (κ3) is 2.54. The molecule has 4 nitrogen and oxygen atoms in total. The summed E-state index contributed by atoms with van der Waals surface area (Å²) in [7, 11) is 0. The number of nitrogens with zero attached hydrogens (tertiary/aromatic N) is 1. The van der Waals surface area contributed by atoms with Crippen molar-refractivity contribution >= 4 is 11.8 Å². The molecule has 1 N–H and O–H groups in total. The van der Waals surface area contributed by atoms with Crippen molar-refractivity contribution in [1.29, 1.82) is 0 Å². The Labute approximate surface area is 97.4 Å². The van der Waals surface area contributed by atoms with Crippen LogP contribution in [0.2, 0.25) is 0 Å². The largest absolute Gasteiger partial charge is 0.343 e. The van der Waals surface area contributed by atoms with Crippen molar-refractivity contribution in [2.24, 2.45) is 5.92 Å². The van der Waals surface area contributed by atoms with Gasteiger partial charge in [0.15, 0.2) is 0 Å². The zero-order valence-electron chi connectivity index (χ0n) is 10.8. The van der Waals surface area contributed by atoms with Crippen LogP contribution in [-0.2, 0) is 9.59 Å². The molecule has 2 atom stereocenters. The molecule has 2 unspecified atom stereocenters. The summed E-state index contributed by atoms with van der Waals surface area (Å²) in [5.41, 5.74) is 0. The topological polar surface area (TPSA) is 49.4 Å². The van der Waals surface area contributed by atoms with Crippen LogP contribution >= 0.6 is 0 Å². The summed E-state index contributed by atoms with van der Waals surface area (Å²) < 4.78 is 0. The number of hydrogen-bond donors (Lipinski definition) is 1. The van der Waals surface area contributed by atoms with E-state index in [1.54, 1.807) is 11.8 Å². The van der Waals surface area contributed by atoms with E-state index in [0.717, 1.165) is 6.42 Å². The van der Waals surface area contributed by atoms with Gasteiger partial charge < -0.3 is 10.2 Å². The highest BCUT2D eigenvalue weighted by molar-refractivity contribution is 5.96. The smallest absolute Gasteiger partial charge is 0.245 e. The van der Waals surface area contributed by atoms with Gasteiger partial charge in [0, 0.05) is 6.04 Å². The van der Waals surface area contributed by atoms with Gasteiger partial charge in [0.25, 0.3) is 0 Å². The van der Waals surface area contributed by atoms with Crippen LogP contribution in [0.25, 0.3) is 0 Å². The molecule has 0 radical (unpaired) electrons. The third-order valence-electron chi connectivity index (χ3n) is 2.87. The van der Waals surface area contributed by atoms with E-state index in [-0.39, 0.29) is 23.9 Å². The fourth-order valence-electron chi connectivity index (χ4n) is 2.16. The lowest BCUT2D eigenvalue weighted by atomic mass is 9.97. The molecule has 1 aliphatic rings. The lowest BCUT2D eigenvalue weighted by Gasteiger charge is -2.41. The van der Waals surface area contributed by atoms with Crippen molar-refractivity contribution in [3.8, 4) is 0 Å². The first-order valence-corrected chi connectivity index (χ1v) is 5.97. The minimum absolute atomic E-state index is 0.0190. The number of hydrogen-bond acceptors (Lipinski definition) is 2. The molecule has 1 aliphatic heterocycles. The van der Waals surface area contributed by atoms with E-state index in [0.29, 0.717) is 5.92 Å². The van der Waals surface area contributed by atoms with Gasteiger partial charge in [-0.05, 0) is 33.1 Å². The SMILES string of the molecule is CC(C)CC1C(=O)NC(C)C(=O)N1C(C)C. The molecule has 0 bridgehead atoms. The summed E-state index contributed by atoms with van der Waals surface area (Å²) in [6, 6.07) is -0.619. The van der Waals surface area contributed by atoms with E-state index >= 15 is 0 Å². The van der Waals surface area contributed by atoms with Crippen molar-refractivity contribution in [2.45, 2.75) is 59.2 Å². The maximum atomic E-state index is 12.0. The molecule has 0 aromatic rings. The second-order valence-corrected chi connectivity index (χ2v) is 5.21. The summed E-state index contributed by atoms with van der Waals surface area (Å²) in [5.74, 6) is 0.410. The lowest BCUT2D eigenvalue weighted by molar-refractivity contribution is -0.151. The highest BCUT2D eigenvalue weighted by atomic mass is 16.2. The number of carbonyl (C=O) groups excluding carboxylic acids is 2. The van der Waals surface area contributed by atoms with Gasteiger partial charge >= 0.3 is 0 Å². The van der Waals surface area contributed by atoms with E-state index in [1.807, 2.05) is 13.8 Å². The van der Waals surface area contributed by atoms with Gasteiger partial charge in [-0.1, -0.05) is 13.8 Å². The summed E-state index contributed by atoms with van der Waals surface area (Å²) in [5, 5.41) is 2.74. The van der Waals surface area contributed by atoms with Gasteiger partial charge in [0.05, 0.1) is 0 Å². The minimum Gasteiger partial charge on any atom is -0.343 e.